The van der Waals surface area contributed by atoms with Crippen molar-refractivity contribution in [2.75, 3.05) is 39.6 Å². The van der Waals surface area contributed by atoms with Crippen LogP contribution in [0.2, 0.25) is 0 Å². The molecule has 0 aliphatic heterocycles. The first-order chi connectivity index (χ1) is 14.9. The van der Waals surface area contributed by atoms with Gasteiger partial charge in [0.1, 0.15) is 5.75 Å². The summed E-state index contributed by atoms with van der Waals surface area (Å²) in [5, 5.41) is 4.88. The maximum absolute atomic E-state index is 12.8. The second kappa shape index (κ2) is 10.4. The van der Waals surface area contributed by atoms with Crippen LogP contribution in [0.15, 0.2) is 53.3 Å². The van der Waals surface area contributed by atoms with Crippen LogP contribution >= 0.6 is 12.2 Å². The summed E-state index contributed by atoms with van der Waals surface area (Å²) in [4.78, 5) is 19.9. The van der Waals surface area contributed by atoms with Crippen molar-refractivity contribution in [2.24, 2.45) is 0 Å². The summed E-state index contributed by atoms with van der Waals surface area (Å²) < 4.78 is 5.26. The number of fused-ring (bicyclic) bond motifs is 1. The number of pyridine rings is 1. The lowest BCUT2D eigenvalue weighted by Gasteiger charge is -2.26. The first-order valence-electron chi connectivity index (χ1n) is 10.3. The molecule has 31 heavy (non-hydrogen) atoms. The molecule has 0 saturated heterocycles. The van der Waals surface area contributed by atoms with Gasteiger partial charge in [-0.2, -0.15) is 0 Å². The molecule has 7 heteroatoms. The van der Waals surface area contributed by atoms with Gasteiger partial charge in [0.15, 0.2) is 5.11 Å². The summed E-state index contributed by atoms with van der Waals surface area (Å²) in [6.45, 7) is 4.17. The molecular formula is C24H30N4O2S. The molecule has 2 N–H and O–H groups in total. The van der Waals surface area contributed by atoms with Crippen molar-refractivity contribution < 1.29 is 4.74 Å². The number of aromatic nitrogens is 1. The Labute approximate surface area is 188 Å². The van der Waals surface area contributed by atoms with Gasteiger partial charge in [-0.05, 0) is 81.9 Å². The van der Waals surface area contributed by atoms with E-state index in [0.717, 1.165) is 36.1 Å². The molecular weight excluding hydrogens is 408 g/mol. The molecule has 6 nitrogen and oxygen atoms in total. The number of aryl methyl sites for hydroxylation is 1. The monoisotopic (exact) mass is 438 g/mol. The lowest BCUT2D eigenvalue weighted by Crippen LogP contribution is -2.37. The number of H-pyrrole nitrogens is 1. The predicted molar refractivity (Wildman–Crippen MR) is 132 cm³/mol. The number of ether oxygens (including phenoxy) is 1. The predicted octanol–water partition coefficient (Wildman–Crippen LogP) is 4.00. The number of methoxy groups -OCH3 is 1. The lowest BCUT2D eigenvalue weighted by molar-refractivity contribution is 0.346. The van der Waals surface area contributed by atoms with Crippen LogP contribution < -0.4 is 15.6 Å². The Bertz CT molecular complexity index is 1090. The number of nitrogens with one attached hydrogen (secondary N) is 2. The molecule has 1 heterocycles. The van der Waals surface area contributed by atoms with Crippen LogP contribution in [0, 0.1) is 6.92 Å². The van der Waals surface area contributed by atoms with Crippen LogP contribution in [0.5, 0.6) is 5.75 Å². The Kier molecular flexibility index (Phi) is 7.65. The summed E-state index contributed by atoms with van der Waals surface area (Å²) >= 11 is 5.71. The Balaban J connectivity index is 1.82. The minimum Gasteiger partial charge on any atom is -0.497 e. The van der Waals surface area contributed by atoms with Crippen molar-refractivity contribution >= 4 is 33.9 Å². The molecule has 2 aromatic carbocycles. The fourth-order valence-corrected chi connectivity index (χ4v) is 3.62. The number of rotatable bonds is 8. The van der Waals surface area contributed by atoms with E-state index in [4.69, 9.17) is 17.0 Å². The molecule has 0 aliphatic carbocycles. The Morgan fingerprint density at radius 2 is 1.84 bits per heavy atom. The van der Waals surface area contributed by atoms with Crippen molar-refractivity contribution in [1.82, 2.24) is 14.8 Å². The third-order valence-electron chi connectivity index (χ3n) is 5.11. The minimum absolute atomic E-state index is 0.114. The van der Waals surface area contributed by atoms with Crippen LogP contribution in [-0.2, 0) is 6.54 Å². The maximum Gasteiger partial charge on any atom is 0.253 e. The molecule has 3 rings (SSSR count). The molecule has 0 unspecified atom stereocenters. The zero-order chi connectivity index (χ0) is 22.4. The summed E-state index contributed by atoms with van der Waals surface area (Å²) in [5.41, 5.74) is 3.45. The molecule has 0 aliphatic rings. The van der Waals surface area contributed by atoms with E-state index in [1.807, 2.05) is 48.5 Å². The largest absolute Gasteiger partial charge is 0.497 e. The van der Waals surface area contributed by atoms with E-state index in [-0.39, 0.29) is 5.56 Å². The van der Waals surface area contributed by atoms with E-state index >= 15 is 0 Å². The molecule has 3 aromatic rings. The molecule has 0 bridgehead atoms. The second-order valence-corrected chi connectivity index (χ2v) is 8.34. The number of benzene rings is 2. The van der Waals surface area contributed by atoms with Crippen LogP contribution in [0.25, 0.3) is 10.9 Å². The van der Waals surface area contributed by atoms with Gasteiger partial charge in [-0.25, -0.2) is 0 Å². The maximum atomic E-state index is 12.8. The molecule has 1 aromatic heterocycles. The van der Waals surface area contributed by atoms with E-state index in [2.05, 4.69) is 41.1 Å². The number of nitrogens with zero attached hydrogens (tertiary/aromatic N) is 2. The fraction of sp³-hybridized carbons (Fsp3) is 0.333. The van der Waals surface area contributed by atoms with Crippen molar-refractivity contribution in [3.63, 3.8) is 0 Å². The van der Waals surface area contributed by atoms with Gasteiger partial charge in [0, 0.05) is 23.9 Å². The Hall–Kier alpha value is -2.90. The van der Waals surface area contributed by atoms with Gasteiger partial charge >= 0.3 is 0 Å². The molecule has 0 radical (unpaired) electrons. The third kappa shape index (κ3) is 6.29. The van der Waals surface area contributed by atoms with Gasteiger partial charge in [0.2, 0.25) is 0 Å². The topological polar surface area (TPSA) is 60.6 Å². The zero-order valence-corrected chi connectivity index (χ0v) is 19.4. The van der Waals surface area contributed by atoms with Crippen molar-refractivity contribution in [2.45, 2.75) is 19.9 Å². The fourth-order valence-electron chi connectivity index (χ4n) is 3.35. The van der Waals surface area contributed by atoms with Gasteiger partial charge in [0.05, 0.1) is 19.2 Å². The molecule has 0 spiro atoms. The van der Waals surface area contributed by atoms with E-state index in [1.165, 1.54) is 5.56 Å². The molecule has 0 fully saturated rings. The summed E-state index contributed by atoms with van der Waals surface area (Å²) in [5.74, 6) is 0.713. The van der Waals surface area contributed by atoms with Crippen molar-refractivity contribution in [3.8, 4) is 5.75 Å². The summed E-state index contributed by atoms with van der Waals surface area (Å²) in [6.07, 6.45) is 0.936. The summed E-state index contributed by atoms with van der Waals surface area (Å²) in [6, 6.07) is 15.7. The number of hydrogen-bond acceptors (Lipinski definition) is 4. The van der Waals surface area contributed by atoms with Gasteiger partial charge in [-0.15, -0.1) is 0 Å². The average Bonchev–Trinajstić information content (AvgIpc) is 2.74. The summed E-state index contributed by atoms with van der Waals surface area (Å²) in [7, 11) is 5.71. The van der Waals surface area contributed by atoms with Crippen molar-refractivity contribution in [1.29, 1.82) is 0 Å². The van der Waals surface area contributed by atoms with E-state index < -0.39 is 0 Å². The Morgan fingerprint density at radius 3 is 2.52 bits per heavy atom. The standard InChI is InChI=1S/C24H30N4O2S/c1-17-6-9-20(10-7-17)25-24(31)28(13-5-12-27(2)3)16-19-14-18-8-11-21(30-4)15-22(18)26-23(19)29/h6-11,14-15H,5,12-13,16H2,1-4H3,(H,25,31)(H,26,29). The second-order valence-electron chi connectivity index (χ2n) is 7.95. The number of hydrogen-bond donors (Lipinski definition) is 2. The lowest BCUT2D eigenvalue weighted by atomic mass is 10.1. The quantitative estimate of drug-likeness (QED) is 0.519. The molecule has 0 atom stereocenters. The third-order valence-corrected chi connectivity index (χ3v) is 5.47. The minimum atomic E-state index is -0.114. The average molecular weight is 439 g/mol. The number of aromatic amines is 1. The van der Waals surface area contributed by atoms with Crippen molar-refractivity contribution in [3.05, 3.63) is 70.0 Å². The van der Waals surface area contributed by atoms with E-state index in [9.17, 15) is 4.79 Å². The zero-order valence-electron chi connectivity index (χ0n) is 18.6. The van der Waals surface area contributed by atoms with Crippen LogP contribution in [-0.4, -0.2) is 54.2 Å². The number of thiocarbonyl (C=S) groups is 1. The molecule has 0 saturated carbocycles. The van der Waals surface area contributed by atoms with Gasteiger partial charge in [-0.3, -0.25) is 4.79 Å². The highest BCUT2D eigenvalue weighted by Gasteiger charge is 2.14. The van der Waals surface area contributed by atoms with Crippen LogP contribution in [0.1, 0.15) is 17.5 Å². The van der Waals surface area contributed by atoms with Crippen LogP contribution in [0.4, 0.5) is 5.69 Å². The SMILES string of the molecule is COc1ccc2cc(CN(CCCN(C)C)C(=S)Nc3ccc(C)cc3)c(=O)[nH]c2c1. The van der Waals surface area contributed by atoms with Gasteiger partial charge < -0.3 is 24.8 Å². The molecule has 0 amide bonds. The van der Waals surface area contributed by atoms with Gasteiger partial charge in [-0.1, -0.05) is 17.7 Å². The van der Waals surface area contributed by atoms with Crippen LogP contribution in [0.3, 0.4) is 0 Å². The normalized spacial score (nSPS) is 11.0. The highest BCUT2D eigenvalue weighted by atomic mass is 32.1. The van der Waals surface area contributed by atoms with E-state index in [1.54, 1.807) is 7.11 Å². The first-order valence-corrected chi connectivity index (χ1v) is 10.7. The Morgan fingerprint density at radius 1 is 1.10 bits per heavy atom. The highest BCUT2D eigenvalue weighted by Crippen LogP contribution is 2.19. The van der Waals surface area contributed by atoms with E-state index in [0.29, 0.717) is 23.0 Å². The first kappa shape index (κ1) is 22.8. The highest BCUT2D eigenvalue weighted by molar-refractivity contribution is 7.80. The molecule has 164 valence electrons. The smallest absolute Gasteiger partial charge is 0.253 e. The van der Waals surface area contributed by atoms with Gasteiger partial charge in [0.25, 0.3) is 5.56 Å². The number of anilines is 1.